The lowest BCUT2D eigenvalue weighted by atomic mass is 10.0. The highest BCUT2D eigenvalue weighted by Gasteiger charge is 2.19. The predicted molar refractivity (Wildman–Crippen MR) is 112 cm³/mol. The Morgan fingerprint density at radius 2 is 2.10 bits per heavy atom. The van der Waals surface area contributed by atoms with Crippen LogP contribution in [0.2, 0.25) is 0 Å². The zero-order chi connectivity index (χ0) is 20.5. The van der Waals surface area contributed by atoms with Crippen molar-refractivity contribution >= 4 is 23.2 Å². The van der Waals surface area contributed by atoms with Gasteiger partial charge in [0.25, 0.3) is 5.78 Å². The van der Waals surface area contributed by atoms with Gasteiger partial charge in [0.1, 0.15) is 12.4 Å². The van der Waals surface area contributed by atoms with Gasteiger partial charge in [-0.1, -0.05) is 19.1 Å². The zero-order valence-electron chi connectivity index (χ0n) is 17.1. The Bertz CT molecular complexity index is 1120. The van der Waals surface area contributed by atoms with Crippen LogP contribution in [-0.2, 0) is 11.3 Å². The van der Waals surface area contributed by atoms with Gasteiger partial charge in [-0.15, -0.1) is 5.10 Å². The molecular formula is C21H26N6O2. The molecule has 0 bridgehead atoms. The zero-order valence-corrected chi connectivity index (χ0v) is 17.1. The van der Waals surface area contributed by atoms with E-state index in [9.17, 15) is 9.59 Å². The standard InChI is InChI=1S/C21H26N6O2/c1-14-6-7-16(3)17(11-14)22-19(28)13-27-21(29)26-10-8-18(23-20(26)24-27)25-9-4-5-15(2)12-25/h6-8,10-11,15H,4-5,9,12-13H2,1-3H3,(H,22,28)/t15-/m1/s1. The number of hydrogen-bond acceptors (Lipinski definition) is 5. The van der Waals surface area contributed by atoms with E-state index in [4.69, 9.17) is 0 Å². The second-order valence-electron chi connectivity index (χ2n) is 7.96. The molecule has 1 atom stereocenters. The molecule has 0 unspecified atom stereocenters. The molecule has 1 fully saturated rings. The number of aromatic nitrogens is 4. The van der Waals surface area contributed by atoms with Gasteiger partial charge in [0, 0.05) is 25.0 Å². The number of hydrogen-bond donors (Lipinski definition) is 1. The highest BCUT2D eigenvalue weighted by atomic mass is 16.2. The molecule has 0 radical (unpaired) electrons. The Morgan fingerprint density at radius 1 is 1.28 bits per heavy atom. The summed E-state index contributed by atoms with van der Waals surface area (Å²) in [5.74, 6) is 1.45. The van der Waals surface area contributed by atoms with Gasteiger partial charge in [-0.2, -0.15) is 4.98 Å². The molecule has 8 heteroatoms. The van der Waals surface area contributed by atoms with Crippen molar-refractivity contribution in [3.8, 4) is 0 Å². The summed E-state index contributed by atoms with van der Waals surface area (Å²) in [7, 11) is 0. The van der Waals surface area contributed by atoms with E-state index >= 15 is 0 Å². The molecule has 1 aliphatic heterocycles. The van der Waals surface area contributed by atoms with Crippen LogP contribution in [0.1, 0.15) is 30.9 Å². The van der Waals surface area contributed by atoms with E-state index in [1.807, 2.05) is 38.1 Å². The molecule has 1 aliphatic rings. The number of carbonyl (C=O) groups is 1. The molecule has 3 heterocycles. The Morgan fingerprint density at radius 3 is 2.90 bits per heavy atom. The Hall–Kier alpha value is -3.16. The van der Waals surface area contributed by atoms with Crippen LogP contribution in [0.3, 0.4) is 0 Å². The summed E-state index contributed by atoms with van der Waals surface area (Å²) in [6.45, 7) is 7.88. The number of benzene rings is 1. The van der Waals surface area contributed by atoms with Gasteiger partial charge in [-0.3, -0.25) is 4.79 Å². The molecule has 0 saturated carbocycles. The topological polar surface area (TPSA) is 84.5 Å². The second-order valence-corrected chi connectivity index (χ2v) is 7.96. The number of anilines is 2. The monoisotopic (exact) mass is 394 g/mol. The quantitative estimate of drug-likeness (QED) is 0.734. The van der Waals surface area contributed by atoms with Crippen molar-refractivity contribution in [1.82, 2.24) is 19.2 Å². The maximum atomic E-state index is 12.6. The smallest absolute Gasteiger partial charge is 0.352 e. The molecule has 0 spiro atoms. The molecule has 1 N–H and O–H groups in total. The van der Waals surface area contributed by atoms with Crippen LogP contribution in [0.15, 0.2) is 35.3 Å². The van der Waals surface area contributed by atoms with Gasteiger partial charge in [0.2, 0.25) is 5.91 Å². The van der Waals surface area contributed by atoms with E-state index in [-0.39, 0.29) is 18.1 Å². The molecule has 1 aromatic carbocycles. The van der Waals surface area contributed by atoms with Gasteiger partial charge in [0.15, 0.2) is 0 Å². The van der Waals surface area contributed by atoms with Crippen molar-refractivity contribution in [2.24, 2.45) is 5.92 Å². The first kappa shape index (κ1) is 19.2. The summed E-state index contributed by atoms with van der Waals surface area (Å²) in [6.07, 6.45) is 4.04. The predicted octanol–water partition coefficient (Wildman–Crippen LogP) is 2.38. The molecule has 0 aliphatic carbocycles. The molecular weight excluding hydrogens is 368 g/mol. The first-order valence-corrected chi connectivity index (χ1v) is 9.99. The fraction of sp³-hybridized carbons (Fsp3) is 0.429. The normalized spacial score (nSPS) is 16.9. The van der Waals surface area contributed by atoms with Crippen LogP contribution >= 0.6 is 0 Å². The number of nitrogens with one attached hydrogen (secondary N) is 1. The minimum Gasteiger partial charge on any atom is -0.356 e. The van der Waals surface area contributed by atoms with Crippen LogP contribution in [0.5, 0.6) is 0 Å². The highest BCUT2D eigenvalue weighted by molar-refractivity contribution is 5.91. The Balaban J connectivity index is 1.54. The van der Waals surface area contributed by atoms with E-state index in [0.717, 1.165) is 46.8 Å². The first-order valence-electron chi connectivity index (χ1n) is 9.99. The van der Waals surface area contributed by atoms with Crippen LogP contribution in [0.4, 0.5) is 11.5 Å². The average molecular weight is 394 g/mol. The minimum absolute atomic E-state index is 0.161. The average Bonchev–Trinajstić information content (AvgIpc) is 2.99. The molecule has 8 nitrogen and oxygen atoms in total. The van der Waals surface area contributed by atoms with Gasteiger partial charge in [0.05, 0.1) is 0 Å². The lowest BCUT2D eigenvalue weighted by molar-refractivity contribution is -0.117. The largest absolute Gasteiger partial charge is 0.356 e. The molecule has 29 heavy (non-hydrogen) atoms. The minimum atomic E-state index is -0.373. The fourth-order valence-corrected chi connectivity index (χ4v) is 3.77. The first-order chi connectivity index (χ1) is 13.9. The number of piperidine rings is 1. The third-order valence-corrected chi connectivity index (χ3v) is 5.38. The van der Waals surface area contributed by atoms with Gasteiger partial charge in [-0.05, 0) is 55.9 Å². The maximum absolute atomic E-state index is 12.6. The summed E-state index contributed by atoms with van der Waals surface area (Å²) in [4.78, 5) is 31.9. The highest BCUT2D eigenvalue weighted by Crippen LogP contribution is 2.21. The third kappa shape index (κ3) is 4.01. The number of carbonyl (C=O) groups excluding carboxylic acids is 1. The number of nitrogens with zero attached hydrogens (tertiary/aromatic N) is 5. The van der Waals surface area contributed by atoms with E-state index in [0.29, 0.717) is 11.7 Å². The van der Waals surface area contributed by atoms with Gasteiger partial charge >= 0.3 is 5.69 Å². The van der Waals surface area contributed by atoms with Crippen molar-refractivity contribution < 1.29 is 4.79 Å². The van der Waals surface area contributed by atoms with Crippen molar-refractivity contribution in [2.45, 2.75) is 40.2 Å². The van der Waals surface area contributed by atoms with E-state index in [1.165, 1.54) is 10.8 Å². The van der Waals surface area contributed by atoms with Crippen LogP contribution in [0.25, 0.3) is 5.78 Å². The molecule has 4 rings (SSSR count). The van der Waals surface area contributed by atoms with E-state index < -0.39 is 0 Å². The van der Waals surface area contributed by atoms with Crippen LogP contribution in [-0.4, -0.2) is 38.2 Å². The maximum Gasteiger partial charge on any atom is 0.352 e. The number of aryl methyl sites for hydroxylation is 2. The van der Waals surface area contributed by atoms with Crippen LogP contribution < -0.4 is 15.9 Å². The van der Waals surface area contributed by atoms with Crippen molar-refractivity contribution in [2.75, 3.05) is 23.3 Å². The molecule has 1 amide bonds. The van der Waals surface area contributed by atoms with Crippen molar-refractivity contribution in [3.05, 3.63) is 52.1 Å². The SMILES string of the molecule is Cc1ccc(C)c(NC(=O)Cn2nc3nc(N4CCC[C@@H](C)C4)ccn3c2=O)c1. The summed E-state index contributed by atoms with van der Waals surface area (Å²) in [5.41, 5.74) is 2.39. The summed E-state index contributed by atoms with van der Waals surface area (Å²) in [5, 5.41) is 7.14. The van der Waals surface area contributed by atoms with Crippen molar-refractivity contribution in [3.63, 3.8) is 0 Å². The summed E-state index contributed by atoms with van der Waals surface area (Å²) >= 11 is 0. The second kappa shape index (κ2) is 7.69. The van der Waals surface area contributed by atoms with Gasteiger partial charge in [-0.25, -0.2) is 13.9 Å². The van der Waals surface area contributed by atoms with Gasteiger partial charge < -0.3 is 10.2 Å². The Labute approximate surface area is 169 Å². The number of amides is 1. The van der Waals surface area contributed by atoms with Crippen molar-refractivity contribution in [1.29, 1.82) is 0 Å². The van der Waals surface area contributed by atoms with E-state index in [1.54, 1.807) is 6.20 Å². The molecule has 3 aromatic rings. The molecule has 1 saturated heterocycles. The number of fused-ring (bicyclic) bond motifs is 1. The third-order valence-electron chi connectivity index (χ3n) is 5.38. The molecule has 152 valence electrons. The number of rotatable bonds is 4. The lowest BCUT2D eigenvalue weighted by Crippen LogP contribution is -2.35. The fourth-order valence-electron chi connectivity index (χ4n) is 3.77. The lowest BCUT2D eigenvalue weighted by Gasteiger charge is -2.31. The summed E-state index contributed by atoms with van der Waals surface area (Å²) in [6, 6.07) is 7.70. The Kier molecular flexibility index (Phi) is 5.08. The van der Waals surface area contributed by atoms with E-state index in [2.05, 4.69) is 27.2 Å². The van der Waals surface area contributed by atoms with Crippen LogP contribution in [0, 0.1) is 19.8 Å². The molecule has 2 aromatic heterocycles. The summed E-state index contributed by atoms with van der Waals surface area (Å²) < 4.78 is 2.54.